The van der Waals surface area contributed by atoms with Gasteiger partial charge in [-0.2, -0.15) is 4.98 Å². The summed E-state index contributed by atoms with van der Waals surface area (Å²) >= 11 is 0. The number of hydrogen-bond acceptors (Lipinski definition) is 8. The molecule has 4 rings (SSSR count). The molecule has 0 radical (unpaired) electrons. The van der Waals surface area contributed by atoms with Gasteiger partial charge in [0.2, 0.25) is 15.9 Å². The number of nitrogens with zero attached hydrogens (tertiary/aromatic N) is 4. The van der Waals surface area contributed by atoms with Gasteiger partial charge in [-0.3, -0.25) is 0 Å². The van der Waals surface area contributed by atoms with Crippen molar-refractivity contribution in [3.8, 4) is 11.9 Å². The van der Waals surface area contributed by atoms with Crippen molar-refractivity contribution in [3.63, 3.8) is 0 Å². The van der Waals surface area contributed by atoms with E-state index in [1.165, 1.54) is 11.4 Å². The molecule has 10 heteroatoms. The predicted octanol–water partition coefficient (Wildman–Crippen LogP) is 2.00. The fraction of sp³-hybridized carbons (Fsp3) is 0.389. The first kappa shape index (κ1) is 18.6. The molecule has 3 aromatic rings. The van der Waals surface area contributed by atoms with Crippen LogP contribution >= 0.6 is 0 Å². The number of benzene rings is 1. The maximum atomic E-state index is 12.8. The molecule has 1 saturated heterocycles. The lowest BCUT2D eigenvalue weighted by Crippen LogP contribution is -2.42. The van der Waals surface area contributed by atoms with E-state index in [9.17, 15) is 8.42 Å². The SMILES string of the molecule is COc1nccc(OC2CCN(S(=O)(=O)Cc3noc4ccccc34)CC2)n1. The van der Waals surface area contributed by atoms with Crippen LogP contribution in [0.1, 0.15) is 18.5 Å². The molecular formula is C18H20N4O5S. The lowest BCUT2D eigenvalue weighted by Gasteiger charge is -2.30. The molecule has 3 heterocycles. The smallest absolute Gasteiger partial charge is 0.319 e. The number of ether oxygens (including phenoxy) is 2. The minimum absolute atomic E-state index is 0.112. The fourth-order valence-corrected chi connectivity index (χ4v) is 4.70. The lowest BCUT2D eigenvalue weighted by atomic mass is 10.1. The van der Waals surface area contributed by atoms with Crippen LogP contribution < -0.4 is 9.47 Å². The third-order valence-electron chi connectivity index (χ3n) is 4.64. The number of piperidine rings is 1. The molecule has 0 unspecified atom stereocenters. The normalized spacial score (nSPS) is 16.3. The number of methoxy groups -OCH3 is 1. The molecule has 1 aromatic carbocycles. The molecular weight excluding hydrogens is 384 g/mol. The zero-order valence-electron chi connectivity index (χ0n) is 15.3. The summed E-state index contributed by atoms with van der Waals surface area (Å²) in [7, 11) is -2.01. The number of fused-ring (bicyclic) bond motifs is 1. The second kappa shape index (κ2) is 7.72. The van der Waals surface area contributed by atoms with E-state index in [2.05, 4.69) is 15.1 Å². The quantitative estimate of drug-likeness (QED) is 0.614. The van der Waals surface area contributed by atoms with Crippen molar-refractivity contribution in [2.45, 2.75) is 24.7 Å². The van der Waals surface area contributed by atoms with Crippen LogP contribution in [-0.4, -0.2) is 54.2 Å². The van der Waals surface area contributed by atoms with Crippen LogP contribution in [0, 0.1) is 0 Å². The molecule has 1 aliphatic heterocycles. The van der Waals surface area contributed by atoms with E-state index in [1.807, 2.05) is 18.2 Å². The maximum Gasteiger partial charge on any atom is 0.319 e. The lowest BCUT2D eigenvalue weighted by molar-refractivity contribution is 0.128. The molecule has 1 aliphatic rings. The van der Waals surface area contributed by atoms with Crippen LogP contribution in [0.15, 0.2) is 41.1 Å². The largest absolute Gasteiger partial charge is 0.474 e. The highest BCUT2D eigenvalue weighted by molar-refractivity contribution is 7.88. The Bertz CT molecular complexity index is 1060. The number of sulfonamides is 1. The average Bonchev–Trinajstić information content (AvgIpc) is 3.11. The highest BCUT2D eigenvalue weighted by atomic mass is 32.2. The summed E-state index contributed by atoms with van der Waals surface area (Å²) in [6.07, 6.45) is 2.60. The third kappa shape index (κ3) is 3.92. The van der Waals surface area contributed by atoms with Gasteiger partial charge in [-0.1, -0.05) is 17.3 Å². The second-order valence-electron chi connectivity index (χ2n) is 6.48. The van der Waals surface area contributed by atoms with E-state index < -0.39 is 10.0 Å². The van der Waals surface area contributed by atoms with Gasteiger partial charge in [0.1, 0.15) is 17.6 Å². The van der Waals surface area contributed by atoms with E-state index in [0.29, 0.717) is 43.1 Å². The van der Waals surface area contributed by atoms with Gasteiger partial charge >= 0.3 is 6.01 Å². The molecule has 1 fully saturated rings. The molecule has 0 saturated carbocycles. The van der Waals surface area contributed by atoms with Gasteiger partial charge in [-0.05, 0) is 25.0 Å². The Balaban J connectivity index is 1.38. The summed E-state index contributed by atoms with van der Waals surface area (Å²) in [6, 6.07) is 9.12. The predicted molar refractivity (Wildman–Crippen MR) is 100 cm³/mol. The molecule has 148 valence electrons. The summed E-state index contributed by atoms with van der Waals surface area (Å²) < 4.78 is 43.1. The van der Waals surface area contributed by atoms with Gasteiger partial charge in [-0.15, -0.1) is 0 Å². The van der Waals surface area contributed by atoms with E-state index in [4.69, 9.17) is 14.0 Å². The van der Waals surface area contributed by atoms with Crippen LogP contribution in [0.3, 0.4) is 0 Å². The zero-order chi connectivity index (χ0) is 19.6. The van der Waals surface area contributed by atoms with Gasteiger partial charge in [0.25, 0.3) is 0 Å². The first-order valence-electron chi connectivity index (χ1n) is 8.90. The molecule has 0 bridgehead atoms. The van der Waals surface area contributed by atoms with Crippen LogP contribution in [0.5, 0.6) is 11.9 Å². The van der Waals surface area contributed by atoms with Crippen LogP contribution in [-0.2, 0) is 15.8 Å². The molecule has 0 atom stereocenters. The van der Waals surface area contributed by atoms with Crippen LogP contribution in [0.4, 0.5) is 0 Å². The summed E-state index contributed by atoms with van der Waals surface area (Å²) in [5.74, 6) is 0.237. The Morgan fingerprint density at radius 3 is 2.79 bits per heavy atom. The minimum atomic E-state index is -3.50. The van der Waals surface area contributed by atoms with Crippen molar-refractivity contribution in [1.29, 1.82) is 0 Å². The molecule has 28 heavy (non-hydrogen) atoms. The minimum Gasteiger partial charge on any atom is -0.474 e. The van der Waals surface area contributed by atoms with Crippen molar-refractivity contribution in [2.75, 3.05) is 20.2 Å². The molecule has 0 amide bonds. The fourth-order valence-electron chi connectivity index (χ4n) is 3.19. The van der Waals surface area contributed by atoms with Gasteiger partial charge in [0.15, 0.2) is 5.58 Å². The monoisotopic (exact) mass is 404 g/mol. The number of rotatable bonds is 6. The standard InChI is InChI=1S/C18H20N4O5S/c1-25-18-19-9-6-17(20-18)26-13-7-10-22(11-8-13)28(23,24)12-15-14-4-2-3-5-16(14)27-21-15/h2-6,9,13H,7-8,10-12H2,1H3. The van der Waals surface area contributed by atoms with E-state index in [-0.39, 0.29) is 17.9 Å². The van der Waals surface area contributed by atoms with E-state index in [1.54, 1.807) is 18.3 Å². The first-order chi connectivity index (χ1) is 13.5. The van der Waals surface area contributed by atoms with Gasteiger partial charge in [0, 0.05) is 30.7 Å². The van der Waals surface area contributed by atoms with Crippen LogP contribution in [0.2, 0.25) is 0 Å². The van der Waals surface area contributed by atoms with Gasteiger partial charge < -0.3 is 14.0 Å². The Morgan fingerprint density at radius 2 is 2.00 bits per heavy atom. The Hall–Kier alpha value is -2.72. The summed E-state index contributed by atoms with van der Waals surface area (Å²) in [5.41, 5.74) is 1.02. The Kier molecular flexibility index (Phi) is 5.14. The number of para-hydroxylation sites is 1. The average molecular weight is 404 g/mol. The molecule has 0 spiro atoms. The van der Waals surface area contributed by atoms with Crippen molar-refractivity contribution in [1.82, 2.24) is 19.4 Å². The topological polar surface area (TPSA) is 108 Å². The molecule has 0 aliphatic carbocycles. The van der Waals surface area contributed by atoms with Gasteiger partial charge in [0.05, 0.1) is 7.11 Å². The summed E-state index contributed by atoms with van der Waals surface area (Å²) in [4.78, 5) is 8.06. The van der Waals surface area contributed by atoms with Crippen molar-refractivity contribution in [2.24, 2.45) is 0 Å². The Morgan fingerprint density at radius 1 is 1.21 bits per heavy atom. The van der Waals surface area contributed by atoms with Crippen molar-refractivity contribution in [3.05, 3.63) is 42.2 Å². The Labute approximate surface area is 162 Å². The second-order valence-corrected chi connectivity index (χ2v) is 8.45. The van der Waals surface area contributed by atoms with Gasteiger partial charge in [-0.25, -0.2) is 17.7 Å². The van der Waals surface area contributed by atoms with E-state index in [0.717, 1.165) is 5.39 Å². The van der Waals surface area contributed by atoms with Crippen molar-refractivity contribution < 1.29 is 22.4 Å². The highest BCUT2D eigenvalue weighted by Crippen LogP contribution is 2.24. The molecule has 2 aromatic heterocycles. The molecule has 9 nitrogen and oxygen atoms in total. The number of aromatic nitrogens is 3. The molecule has 0 N–H and O–H groups in total. The maximum absolute atomic E-state index is 12.8. The van der Waals surface area contributed by atoms with Crippen molar-refractivity contribution >= 4 is 21.0 Å². The van der Waals surface area contributed by atoms with Crippen LogP contribution in [0.25, 0.3) is 11.0 Å². The van der Waals surface area contributed by atoms with E-state index >= 15 is 0 Å². The third-order valence-corrected chi connectivity index (χ3v) is 6.43. The number of hydrogen-bond donors (Lipinski definition) is 0. The zero-order valence-corrected chi connectivity index (χ0v) is 16.1. The summed E-state index contributed by atoms with van der Waals surface area (Å²) in [5, 5.41) is 4.65. The summed E-state index contributed by atoms with van der Waals surface area (Å²) in [6.45, 7) is 0.760. The highest BCUT2D eigenvalue weighted by Gasteiger charge is 2.30. The first-order valence-corrected chi connectivity index (χ1v) is 10.5.